The van der Waals surface area contributed by atoms with Crippen LogP contribution in [-0.4, -0.2) is 29.1 Å². The Balaban J connectivity index is 2.43. The van der Waals surface area contributed by atoms with Gasteiger partial charge in [-0.2, -0.15) is 5.10 Å². The summed E-state index contributed by atoms with van der Waals surface area (Å²) >= 11 is 0. The van der Waals surface area contributed by atoms with Crippen LogP contribution in [0, 0.1) is 0 Å². The van der Waals surface area contributed by atoms with Crippen LogP contribution in [0.2, 0.25) is 0 Å². The zero-order valence-electron chi connectivity index (χ0n) is 9.68. The van der Waals surface area contributed by atoms with E-state index in [-0.39, 0.29) is 6.04 Å². The lowest BCUT2D eigenvalue weighted by molar-refractivity contribution is -0.139. The highest BCUT2D eigenvalue weighted by Crippen LogP contribution is 1.87. The van der Waals surface area contributed by atoms with Gasteiger partial charge in [0.15, 0.2) is 0 Å². The monoisotopic (exact) mass is 234 g/mol. The van der Waals surface area contributed by atoms with Gasteiger partial charge in [-0.05, 0) is 26.0 Å². The predicted molar refractivity (Wildman–Crippen MR) is 63.3 cm³/mol. The topological polar surface area (TPSA) is 83.5 Å². The second-order valence-corrected chi connectivity index (χ2v) is 3.58. The first-order valence-corrected chi connectivity index (χ1v) is 5.14. The van der Waals surface area contributed by atoms with Crippen LogP contribution in [-0.2, 0) is 9.59 Å². The van der Waals surface area contributed by atoms with Gasteiger partial charge >= 0.3 is 11.8 Å². The van der Waals surface area contributed by atoms with Gasteiger partial charge in [-0.15, -0.1) is 0 Å². The molecule has 0 aliphatic carbocycles. The molecule has 2 N–H and O–H groups in total. The molecule has 1 aromatic rings. The van der Waals surface area contributed by atoms with E-state index in [1.165, 1.54) is 6.21 Å². The van der Waals surface area contributed by atoms with Crippen molar-refractivity contribution in [3.8, 4) is 0 Å². The van der Waals surface area contributed by atoms with Crippen LogP contribution in [0.5, 0.6) is 0 Å². The number of nitrogens with zero attached hydrogens (tertiary/aromatic N) is 2. The van der Waals surface area contributed by atoms with Crippen LogP contribution >= 0.6 is 0 Å². The summed E-state index contributed by atoms with van der Waals surface area (Å²) in [5.74, 6) is -1.51. The van der Waals surface area contributed by atoms with Gasteiger partial charge in [-0.1, -0.05) is 6.07 Å². The fraction of sp³-hybridized carbons (Fsp3) is 0.273. The Morgan fingerprint density at radius 2 is 2.12 bits per heavy atom. The normalized spacial score (nSPS) is 10.5. The molecule has 0 spiro atoms. The number of carbonyl (C=O) groups is 2. The van der Waals surface area contributed by atoms with Crippen LogP contribution in [0.1, 0.15) is 19.5 Å². The average molecular weight is 234 g/mol. The number of rotatable bonds is 3. The summed E-state index contributed by atoms with van der Waals surface area (Å²) in [5, 5.41) is 6.07. The number of carbonyl (C=O) groups excluding carboxylic acids is 2. The van der Waals surface area contributed by atoms with Crippen molar-refractivity contribution in [3.05, 3.63) is 30.1 Å². The highest BCUT2D eigenvalue weighted by Gasteiger charge is 2.12. The predicted octanol–water partition coefficient (Wildman–Crippen LogP) is 0.0563. The van der Waals surface area contributed by atoms with Gasteiger partial charge in [0, 0.05) is 12.2 Å². The van der Waals surface area contributed by atoms with Crippen molar-refractivity contribution in [2.75, 3.05) is 0 Å². The van der Waals surface area contributed by atoms with Crippen molar-refractivity contribution in [2.24, 2.45) is 5.10 Å². The number of hydrogen-bond acceptors (Lipinski definition) is 4. The summed E-state index contributed by atoms with van der Waals surface area (Å²) in [7, 11) is 0. The van der Waals surface area contributed by atoms with E-state index in [0.717, 1.165) is 0 Å². The van der Waals surface area contributed by atoms with Gasteiger partial charge in [0.2, 0.25) is 0 Å². The largest absolute Gasteiger partial charge is 0.346 e. The van der Waals surface area contributed by atoms with Crippen LogP contribution < -0.4 is 10.7 Å². The molecule has 1 rings (SSSR count). The van der Waals surface area contributed by atoms with E-state index in [1.807, 2.05) is 0 Å². The van der Waals surface area contributed by atoms with E-state index in [1.54, 1.807) is 38.2 Å². The van der Waals surface area contributed by atoms with Crippen molar-refractivity contribution >= 4 is 18.0 Å². The minimum Gasteiger partial charge on any atom is -0.346 e. The quantitative estimate of drug-likeness (QED) is 0.440. The second kappa shape index (κ2) is 6.37. The summed E-state index contributed by atoms with van der Waals surface area (Å²) in [4.78, 5) is 26.4. The van der Waals surface area contributed by atoms with Crippen LogP contribution in [0.3, 0.4) is 0 Å². The third-order valence-corrected chi connectivity index (χ3v) is 1.68. The maximum Gasteiger partial charge on any atom is 0.329 e. The molecule has 1 aromatic heterocycles. The Bertz CT molecular complexity index is 415. The first kappa shape index (κ1) is 12.8. The Morgan fingerprint density at radius 3 is 2.71 bits per heavy atom. The number of amides is 2. The Kier molecular flexibility index (Phi) is 4.80. The van der Waals surface area contributed by atoms with Crippen molar-refractivity contribution in [3.63, 3.8) is 0 Å². The summed E-state index contributed by atoms with van der Waals surface area (Å²) < 4.78 is 0. The molecule has 0 aromatic carbocycles. The fourth-order valence-electron chi connectivity index (χ4n) is 0.988. The summed E-state index contributed by atoms with van der Waals surface area (Å²) in [6.45, 7) is 3.53. The Morgan fingerprint density at radius 1 is 1.35 bits per heavy atom. The lowest BCUT2D eigenvalue weighted by atomic mass is 10.4. The van der Waals surface area contributed by atoms with Gasteiger partial charge in [0.25, 0.3) is 0 Å². The smallest absolute Gasteiger partial charge is 0.329 e. The first-order valence-electron chi connectivity index (χ1n) is 5.14. The minimum absolute atomic E-state index is 0.0898. The Hall–Kier alpha value is -2.24. The van der Waals surface area contributed by atoms with Crippen molar-refractivity contribution in [1.82, 2.24) is 15.7 Å². The number of nitrogens with one attached hydrogen (secondary N) is 2. The van der Waals surface area contributed by atoms with Crippen molar-refractivity contribution in [2.45, 2.75) is 19.9 Å². The molecule has 0 unspecified atom stereocenters. The number of pyridine rings is 1. The number of hydrazone groups is 1. The standard InChI is InChI=1S/C11H14N4O2/c1-8(2)14-10(16)11(17)15-13-7-9-5-3-4-6-12-9/h3-8H,1-2H3,(H,14,16)(H,15,17)/b13-7+. The second-order valence-electron chi connectivity index (χ2n) is 3.58. The maximum atomic E-state index is 11.2. The molecule has 17 heavy (non-hydrogen) atoms. The molecule has 0 aliphatic rings. The molecular weight excluding hydrogens is 220 g/mol. The first-order chi connectivity index (χ1) is 8.09. The maximum absolute atomic E-state index is 11.2. The molecule has 2 amide bonds. The molecular formula is C11H14N4O2. The summed E-state index contributed by atoms with van der Waals surface area (Å²) in [5.41, 5.74) is 2.71. The van der Waals surface area contributed by atoms with E-state index in [4.69, 9.17) is 0 Å². The molecule has 90 valence electrons. The van der Waals surface area contributed by atoms with Gasteiger partial charge in [0.05, 0.1) is 11.9 Å². The zero-order valence-corrected chi connectivity index (χ0v) is 9.68. The molecule has 0 atom stereocenters. The van der Waals surface area contributed by atoms with Gasteiger partial charge < -0.3 is 5.32 Å². The summed E-state index contributed by atoms with van der Waals surface area (Å²) in [6, 6.07) is 5.20. The molecule has 0 radical (unpaired) electrons. The molecule has 0 bridgehead atoms. The Labute approximate surface area is 99.1 Å². The highest BCUT2D eigenvalue weighted by atomic mass is 16.2. The molecule has 6 nitrogen and oxygen atoms in total. The van der Waals surface area contributed by atoms with Gasteiger partial charge in [0.1, 0.15) is 0 Å². The lowest BCUT2D eigenvalue weighted by Crippen LogP contribution is -2.41. The fourth-order valence-corrected chi connectivity index (χ4v) is 0.988. The van der Waals surface area contributed by atoms with Gasteiger partial charge in [-0.3, -0.25) is 14.6 Å². The SMILES string of the molecule is CC(C)NC(=O)C(=O)N/N=C/c1ccccn1. The summed E-state index contributed by atoms with van der Waals surface area (Å²) in [6.07, 6.45) is 2.97. The van der Waals surface area contributed by atoms with Crippen molar-refractivity contribution in [1.29, 1.82) is 0 Å². The van der Waals surface area contributed by atoms with Crippen LogP contribution in [0.25, 0.3) is 0 Å². The third-order valence-electron chi connectivity index (χ3n) is 1.68. The van der Waals surface area contributed by atoms with E-state index >= 15 is 0 Å². The molecule has 1 heterocycles. The third kappa shape index (κ3) is 4.87. The van der Waals surface area contributed by atoms with Crippen LogP contribution in [0.4, 0.5) is 0 Å². The van der Waals surface area contributed by atoms with E-state index < -0.39 is 11.8 Å². The van der Waals surface area contributed by atoms with Crippen molar-refractivity contribution < 1.29 is 9.59 Å². The van der Waals surface area contributed by atoms with E-state index in [0.29, 0.717) is 5.69 Å². The molecule has 0 saturated carbocycles. The number of aromatic nitrogens is 1. The van der Waals surface area contributed by atoms with E-state index in [2.05, 4.69) is 20.8 Å². The van der Waals surface area contributed by atoms with Crippen LogP contribution in [0.15, 0.2) is 29.5 Å². The minimum atomic E-state index is -0.800. The molecule has 0 fully saturated rings. The highest BCUT2D eigenvalue weighted by molar-refractivity contribution is 6.35. The lowest BCUT2D eigenvalue weighted by Gasteiger charge is -2.05. The molecule has 0 aliphatic heterocycles. The van der Waals surface area contributed by atoms with E-state index in [9.17, 15) is 9.59 Å². The average Bonchev–Trinajstić information content (AvgIpc) is 2.29. The number of hydrogen-bond donors (Lipinski definition) is 2. The van der Waals surface area contributed by atoms with Gasteiger partial charge in [-0.25, -0.2) is 5.43 Å². The molecule has 0 saturated heterocycles. The molecule has 6 heteroatoms. The zero-order chi connectivity index (χ0) is 12.7.